The summed E-state index contributed by atoms with van der Waals surface area (Å²) in [5.74, 6) is 1.96. The van der Waals surface area contributed by atoms with Crippen LogP contribution in [0.1, 0.15) is 36.9 Å². The van der Waals surface area contributed by atoms with Crippen LogP contribution in [0.5, 0.6) is 0 Å². The molecule has 0 saturated carbocycles. The summed E-state index contributed by atoms with van der Waals surface area (Å²) in [5, 5.41) is 0. The van der Waals surface area contributed by atoms with Crippen molar-refractivity contribution in [3.63, 3.8) is 0 Å². The summed E-state index contributed by atoms with van der Waals surface area (Å²) in [7, 11) is 2.09. The third kappa shape index (κ3) is 3.47. The van der Waals surface area contributed by atoms with Crippen LogP contribution in [0.15, 0.2) is 23.2 Å². The molecule has 1 aliphatic heterocycles. The second-order valence-electron chi connectivity index (χ2n) is 6.86. The molecular weight excluding hydrogens is 380 g/mol. The number of rotatable bonds is 3. The molecule has 0 unspecified atom stereocenters. The molecule has 132 valence electrons. The van der Waals surface area contributed by atoms with Crippen LogP contribution in [0.4, 0.5) is 11.8 Å². The lowest BCUT2D eigenvalue weighted by Crippen LogP contribution is -2.44. The second kappa shape index (κ2) is 7.23. The van der Waals surface area contributed by atoms with Crippen molar-refractivity contribution in [1.29, 1.82) is 0 Å². The molecule has 7 heteroatoms. The summed E-state index contributed by atoms with van der Waals surface area (Å²) in [6.45, 7) is 2.05. The number of hydrogen-bond donors (Lipinski definition) is 0. The Kier molecular flexibility index (Phi) is 4.83. The summed E-state index contributed by atoms with van der Waals surface area (Å²) >= 11 is 3.39. The number of piperidine rings is 1. The first-order chi connectivity index (χ1) is 12.2. The van der Waals surface area contributed by atoms with Crippen LogP contribution < -0.4 is 9.80 Å². The van der Waals surface area contributed by atoms with Crippen molar-refractivity contribution in [2.75, 3.05) is 29.9 Å². The topological polar surface area (TPSA) is 58.0 Å². The molecule has 0 bridgehead atoms. The Labute approximate surface area is 156 Å². The summed E-state index contributed by atoms with van der Waals surface area (Å²) in [6.07, 6.45) is 12.3. The first-order valence-electron chi connectivity index (χ1n) is 9.00. The van der Waals surface area contributed by atoms with E-state index in [4.69, 9.17) is 0 Å². The highest BCUT2D eigenvalue weighted by atomic mass is 79.9. The predicted octanol–water partition coefficient (Wildman–Crippen LogP) is 3.01. The van der Waals surface area contributed by atoms with Gasteiger partial charge in [-0.25, -0.2) is 19.9 Å². The lowest BCUT2D eigenvalue weighted by Gasteiger charge is -2.38. The molecule has 4 rings (SSSR count). The van der Waals surface area contributed by atoms with Gasteiger partial charge in [-0.05, 0) is 54.5 Å². The van der Waals surface area contributed by atoms with Crippen LogP contribution in [0.2, 0.25) is 0 Å². The molecule has 1 aliphatic carbocycles. The highest BCUT2D eigenvalue weighted by molar-refractivity contribution is 9.10. The van der Waals surface area contributed by atoms with E-state index in [1.807, 2.05) is 0 Å². The van der Waals surface area contributed by atoms with Gasteiger partial charge in [-0.3, -0.25) is 0 Å². The van der Waals surface area contributed by atoms with Crippen LogP contribution in [0.25, 0.3) is 0 Å². The van der Waals surface area contributed by atoms with Crippen LogP contribution in [0, 0.1) is 0 Å². The van der Waals surface area contributed by atoms with Crippen molar-refractivity contribution in [2.24, 2.45) is 0 Å². The van der Waals surface area contributed by atoms with Gasteiger partial charge < -0.3 is 9.80 Å². The van der Waals surface area contributed by atoms with Crippen molar-refractivity contribution in [3.05, 3.63) is 34.5 Å². The number of fused-ring (bicyclic) bond motifs is 1. The SMILES string of the molecule is CN(c1ncc(Br)cn1)C1CCN(c2ncnc3c2CCCC3)CC1. The molecular formula is C18H23BrN6. The van der Waals surface area contributed by atoms with E-state index in [0.717, 1.165) is 49.2 Å². The van der Waals surface area contributed by atoms with Gasteiger partial charge in [0, 0.05) is 49.8 Å². The number of nitrogens with zero attached hydrogens (tertiary/aromatic N) is 6. The molecule has 2 aromatic rings. The molecule has 0 radical (unpaired) electrons. The zero-order valence-corrected chi connectivity index (χ0v) is 16.1. The van der Waals surface area contributed by atoms with Crippen molar-refractivity contribution in [1.82, 2.24) is 19.9 Å². The molecule has 0 aromatic carbocycles. The Morgan fingerprint density at radius 3 is 2.52 bits per heavy atom. The van der Waals surface area contributed by atoms with Crippen molar-refractivity contribution >= 4 is 27.7 Å². The quantitative estimate of drug-likeness (QED) is 0.786. The molecule has 2 aromatic heterocycles. The normalized spacial score (nSPS) is 18.1. The molecule has 6 nitrogen and oxygen atoms in total. The Bertz CT molecular complexity index is 727. The molecule has 0 N–H and O–H groups in total. The largest absolute Gasteiger partial charge is 0.356 e. The Balaban J connectivity index is 1.44. The van der Waals surface area contributed by atoms with E-state index in [0.29, 0.717) is 6.04 Å². The Hall–Kier alpha value is -1.76. The number of halogens is 1. The third-order valence-corrected chi connectivity index (χ3v) is 5.75. The van der Waals surface area contributed by atoms with E-state index >= 15 is 0 Å². The number of anilines is 2. The molecule has 0 spiro atoms. The molecule has 25 heavy (non-hydrogen) atoms. The number of aromatic nitrogens is 4. The molecule has 2 aliphatic rings. The minimum absolute atomic E-state index is 0.468. The summed E-state index contributed by atoms with van der Waals surface area (Å²) in [5.41, 5.74) is 2.65. The maximum atomic E-state index is 4.62. The van der Waals surface area contributed by atoms with Crippen LogP contribution >= 0.6 is 15.9 Å². The predicted molar refractivity (Wildman–Crippen MR) is 102 cm³/mol. The van der Waals surface area contributed by atoms with Gasteiger partial charge in [0.1, 0.15) is 12.1 Å². The molecule has 1 fully saturated rings. The first-order valence-corrected chi connectivity index (χ1v) is 9.80. The molecule has 0 amide bonds. The summed E-state index contributed by atoms with van der Waals surface area (Å²) < 4.78 is 0.910. The van der Waals surface area contributed by atoms with Gasteiger partial charge in [0.15, 0.2) is 0 Å². The Morgan fingerprint density at radius 2 is 1.76 bits per heavy atom. The van der Waals surface area contributed by atoms with E-state index in [9.17, 15) is 0 Å². The number of hydrogen-bond acceptors (Lipinski definition) is 6. The van der Waals surface area contributed by atoms with Gasteiger partial charge in [0.05, 0.1) is 4.47 Å². The maximum Gasteiger partial charge on any atom is 0.225 e. The van der Waals surface area contributed by atoms with Crippen LogP contribution in [-0.4, -0.2) is 46.1 Å². The van der Waals surface area contributed by atoms with E-state index in [1.54, 1.807) is 18.7 Å². The third-order valence-electron chi connectivity index (χ3n) is 5.34. The van der Waals surface area contributed by atoms with Gasteiger partial charge in [0.25, 0.3) is 0 Å². The van der Waals surface area contributed by atoms with Gasteiger partial charge in [-0.2, -0.15) is 0 Å². The van der Waals surface area contributed by atoms with E-state index in [-0.39, 0.29) is 0 Å². The van der Waals surface area contributed by atoms with Gasteiger partial charge in [-0.15, -0.1) is 0 Å². The highest BCUT2D eigenvalue weighted by Gasteiger charge is 2.27. The summed E-state index contributed by atoms with van der Waals surface area (Å²) in [4.78, 5) is 22.6. The fourth-order valence-corrected chi connectivity index (χ4v) is 4.10. The molecule has 3 heterocycles. The summed E-state index contributed by atoms with van der Waals surface area (Å²) in [6, 6.07) is 0.468. The minimum atomic E-state index is 0.468. The fraction of sp³-hybridized carbons (Fsp3) is 0.556. The van der Waals surface area contributed by atoms with Crippen molar-refractivity contribution in [2.45, 2.75) is 44.6 Å². The average molecular weight is 403 g/mol. The molecule has 1 saturated heterocycles. The lowest BCUT2D eigenvalue weighted by molar-refractivity contribution is 0.473. The van der Waals surface area contributed by atoms with Gasteiger partial charge >= 0.3 is 0 Å². The van der Waals surface area contributed by atoms with Crippen molar-refractivity contribution < 1.29 is 0 Å². The zero-order chi connectivity index (χ0) is 17.2. The zero-order valence-electron chi connectivity index (χ0n) is 14.5. The fourth-order valence-electron chi connectivity index (χ4n) is 3.89. The standard InChI is InChI=1S/C18H23BrN6/c1-24(18-20-10-13(19)11-21-18)14-6-8-25(9-7-14)17-15-4-2-3-5-16(15)22-12-23-17/h10-12,14H,2-9H2,1H3. The van der Waals surface area contributed by atoms with E-state index in [1.165, 1.54) is 29.9 Å². The van der Waals surface area contributed by atoms with Gasteiger partial charge in [0.2, 0.25) is 5.95 Å². The Morgan fingerprint density at radius 1 is 1.04 bits per heavy atom. The minimum Gasteiger partial charge on any atom is -0.356 e. The monoisotopic (exact) mass is 402 g/mol. The average Bonchev–Trinajstić information content (AvgIpc) is 2.68. The van der Waals surface area contributed by atoms with Crippen LogP contribution in [-0.2, 0) is 12.8 Å². The van der Waals surface area contributed by atoms with E-state index in [2.05, 4.69) is 52.7 Å². The van der Waals surface area contributed by atoms with Gasteiger partial charge in [-0.1, -0.05) is 0 Å². The lowest BCUT2D eigenvalue weighted by atomic mass is 9.95. The van der Waals surface area contributed by atoms with Crippen LogP contribution in [0.3, 0.4) is 0 Å². The first kappa shape index (κ1) is 16.7. The second-order valence-corrected chi connectivity index (χ2v) is 7.78. The smallest absolute Gasteiger partial charge is 0.225 e. The van der Waals surface area contributed by atoms with Crippen molar-refractivity contribution in [3.8, 4) is 0 Å². The molecule has 0 atom stereocenters. The maximum absolute atomic E-state index is 4.62. The highest BCUT2D eigenvalue weighted by Crippen LogP contribution is 2.30. The number of aryl methyl sites for hydroxylation is 1. The van der Waals surface area contributed by atoms with E-state index < -0.39 is 0 Å².